The van der Waals surface area contributed by atoms with E-state index in [0.717, 1.165) is 44.9 Å². The first-order valence-electron chi connectivity index (χ1n) is 28.5. The van der Waals surface area contributed by atoms with E-state index in [-0.39, 0.29) is 6.61 Å². The SMILES string of the molecule is CCCCCCCC/C=C/CC/C=C/C(O)C(CO)NC(=O)C(O)CCCCCCCCCCCCCCCCCC/C=C\C/C=C\CCCCCCCCCCCCCCCCC. The lowest BCUT2D eigenvalue weighted by Gasteiger charge is -2.21. The molecule has 0 aliphatic carbocycles. The second-order valence-corrected chi connectivity index (χ2v) is 19.5. The number of carbonyl (C=O) groups excluding carboxylic acids is 1. The van der Waals surface area contributed by atoms with E-state index in [2.05, 4.69) is 55.6 Å². The van der Waals surface area contributed by atoms with Gasteiger partial charge in [0.05, 0.1) is 18.8 Å². The summed E-state index contributed by atoms with van der Waals surface area (Å²) < 4.78 is 0. The van der Waals surface area contributed by atoms with Gasteiger partial charge in [0.15, 0.2) is 0 Å². The van der Waals surface area contributed by atoms with Gasteiger partial charge in [0.2, 0.25) is 5.91 Å². The predicted molar refractivity (Wildman–Crippen MR) is 282 cm³/mol. The minimum atomic E-state index is -1.11. The molecule has 0 spiro atoms. The number of rotatable bonds is 52. The molecule has 5 nitrogen and oxygen atoms in total. The summed E-state index contributed by atoms with van der Waals surface area (Å²) >= 11 is 0. The lowest BCUT2D eigenvalue weighted by atomic mass is 10.0. The van der Waals surface area contributed by atoms with Crippen LogP contribution >= 0.6 is 0 Å². The zero-order valence-electron chi connectivity index (χ0n) is 42.9. The molecule has 4 N–H and O–H groups in total. The molecule has 0 heterocycles. The molecule has 5 heteroatoms. The number of nitrogens with one attached hydrogen (secondary N) is 1. The van der Waals surface area contributed by atoms with E-state index in [1.54, 1.807) is 6.08 Å². The van der Waals surface area contributed by atoms with Crippen molar-refractivity contribution in [2.24, 2.45) is 0 Å². The third-order valence-corrected chi connectivity index (χ3v) is 13.1. The van der Waals surface area contributed by atoms with E-state index in [9.17, 15) is 20.1 Å². The maximum Gasteiger partial charge on any atom is 0.249 e. The molecule has 0 aromatic heterocycles. The van der Waals surface area contributed by atoms with E-state index >= 15 is 0 Å². The summed E-state index contributed by atoms with van der Waals surface area (Å²) in [5.74, 6) is -0.512. The number of unbranched alkanes of at least 4 members (excludes halogenated alkanes) is 38. The van der Waals surface area contributed by atoms with Crippen molar-refractivity contribution in [2.75, 3.05) is 6.61 Å². The summed E-state index contributed by atoms with van der Waals surface area (Å²) in [7, 11) is 0. The lowest BCUT2D eigenvalue weighted by Crippen LogP contribution is -2.48. The number of aliphatic hydroxyl groups excluding tert-OH is 3. The predicted octanol–water partition coefficient (Wildman–Crippen LogP) is 17.6. The Kier molecular flexibility index (Phi) is 52.5. The van der Waals surface area contributed by atoms with Gasteiger partial charge in [-0.2, -0.15) is 0 Å². The number of aliphatic hydroxyl groups is 3. The molecule has 0 aliphatic heterocycles. The molecule has 0 saturated carbocycles. The number of amides is 1. The van der Waals surface area contributed by atoms with Crippen molar-refractivity contribution in [1.82, 2.24) is 5.32 Å². The lowest BCUT2D eigenvalue weighted by molar-refractivity contribution is -0.131. The van der Waals surface area contributed by atoms with E-state index in [1.165, 1.54) is 231 Å². The fourth-order valence-electron chi connectivity index (χ4n) is 8.70. The monoisotopic (exact) mass is 898 g/mol. The van der Waals surface area contributed by atoms with E-state index in [0.29, 0.717) is 6.42 Å². The summed E-state index contributed by atoms with van der Waals surface area (Å²) in [6.45, 7) is 4.17. The van der Waals surface area contributed by atoms with Gasteiger partial charge in [0, 0.05) is 0 Å². The van der Waals surface area contributed by atoms with E-state index in [1.807, 2.05) is 6.08 Å². The first kappa shape index (κ1) is 62.3. The Balaban J connectivity index is 3.49. The van der Waals surface area contributed by atoms with Crippen LogP contribution in [0.1, 0.15) is 296 Å². The average Bonchev–Trinajstić information content (AvgIpc) is 3.30. The summed E-state index contributed by atoms with van der Waals surface area (Å²) in [5.41, 5.74) is 0. The van der Waals surface area contributed by atoms with Crippen LogP contribution in [-0.4, -0.2) is 46.1 Å². The largest absolute Gasteiger partial charge is 0.394 e. The van der Waals surface area contributed by atoms with Crippen molar-refractivity contribution in [1.29, 1.82) is 0 Å². The topological polar surface area (TPSA) is 89.8 Å². The van der Waals surface area contributed by atoms with Gasteiger partial charge >= 0.3 is 0 Å². The van der Waals surface area contributed by atoms with Crippen LogP contribution in [0.5, 0.6) is 0 Å². The second kappa shape index (κ2) is 53.9. The minimum absolute atomic E-state index is 0.376. The van der Waals surface area contributed by atoms with Crippen LogP contribution in [0, 0.1) is 0 Å². The van der Waals surface area contributed by atoms with Crippen LogP contribution in [0.3, 0.4) is 0 Å². The van der Waals surface area contributed by atoms with Crippen LogP contribution in [0.2, 0.25) is 0 Å². The molecule has 0 aromatic rings. The number of carbonyl (C=O) groups is 1. The van der Waals surface area contributed by atoms with E-state index in [4.69, 9.17) is 0 Å². The standard InChI is InChI=1S/C59H111NO4/c1-3-5-7-9-11-13-15-17-18-19-20-21-22-23-24-25-26-27-28-29-30-31-32-33-34-35-36-37-38-39-40-41-42-44-46-48-50-52-54-58(63)59(64)60-56(55-61)57(62)53-51-49-47-45-43-16-14-12-10-8-6-4-2/h26-27,29-30,43,45,51,53,56-58,61-63H,3-25,28,31-42,44,46-50,52,54-55H2,1-2H3,(H,60,64)/b27-26-,30-29-,45-43+,53-51+. The molecule has 1 amide bonds. The Bertz CT molecular complexity index is 1040. The third-order valence-electron chi connectivity index (χ3n) is 13.1. The quantitative estimate of drug-likeness (QED) is 0.0362. The molecule has 0 saturated heterocycles. The molecule has 376 valence electrons. The van der Waals surface area contributed by atoms with Gasteiger partial charge < -0.3 is 20.6 Å². The third kappa shape index (κ3) is 48.2. The fourth-order valence-corrected chi connectivity index (χ4v) is 8.70. The number of hydrogen-bond acceptors (Lipinski definition) is 4. The highest BCUT2D eigenvalue weighted by atomic mass is 16.3. The maximum atomic E-state index is 12.5. The molecule has 3 atom stereocenters. The maximum absolute atomic E-state index is 12.5. The van der Waals surface area contributed by atoms with Crippen molar-refractivity contribution in [3.8, 4) is 0 Å². The van der Waals surface area contributed by atoms with Crippen molar-refractivity contribution in [3.63, 3.8) is 0 Å². The highest BCUT2D eigenvalue weighted by molar-refractivity contribution is 5.80. The molecule has 0 aromatic carbocycles. The van der Waals surface area contributed by atoms with Gasteiger partial charge in [0.1, 0.15) is 6.10 Å². The van der Waals surface area contributed by atoms with Crippen molar-refractivity contribution in [2.45, 2.75) is 315 Å². The molecule has 0 bridgehead atoms. The number of hydrogen-bond donors (Lipinski definition) is 4. The normalized spacial score (nSPS) is 13.6. The highest BCUT2D eigenvalue weighted by Gasteiger charge is 2.22. The van der Waals surface area contributed by atoms with Gasteiger partial charge in [-0.3, -0.25) is 4.79 Å². The molecular formula is C59H111NO4. The van der Waals surface area contributed by atoms with Gasteiger partial charge in [-0.25, -0.2) is 0 Å². The molecule has 0 fully saturated rings. The van der Waals surface area contributed by atoms with Gasteiger partial charge in [0.25, 0.3) is 0 Å². The van der Waals surface area contributed by atoms with Crippen molar-refractivity contribution in [3.05, 3.63) is 48.6 Å². The van der Waals surface area contributed by atoms with Crippen molar-refractivity contribution >= 4 is 5.91 Å². The van der Waals surface area contributed by atoms with Crippen LogP contribution < -0.4 is 5.32 Å². The molecule has 0 radical (unpaired) electrons. The first-order valence-corrected chi connectivity index (χ1v) is 28.5. The van der Waals surface area contributed by atoms with Crippen LogP contribution in [0.4, 0.5) is 0 Å². The first-order chi connectivity index (χ1) is 31.6. The average molecular weight is 899 g/mol. The summed E-state index contributed by atoms with van der Waals surface area (Å²) in [4.78, 5) is 12.5. The summed E-state index contributed by atoms with van der Waals surface area (Å²) in [5, 5.41) is 33.2. The Morgan fingerprint density at radius 2 is 0.688 bits per heavy atom. The Morgan fingerprint density at radius 3 is 1.05 bits per heavy atom. The molecule has 3 unspecified atom stereocenters. The Labute approximate surface area is 399 Å². The molecular weight excluding hydrogens is 787 g/mol. The molecule has 0 aliphatic rings. The zero-order valence-corrected chi connectivity index (χ0v) is 42.9. The van der Waals surface area contributed by atoms with Gasteiger partial charge in [-0.05, 0) is 64.2 Å². The Morgan fingerprint density at radius 1 is 0.391 bits per heavy atom. The smallest absolute Gasteiger partial charge is 0.249 e. The summed E-state index contributed by atoms with van der Waals surface area (Å²) in [6, 6.07) is -0.814. The van der Waals surface area contributed by atoms with E-state index < -0.39 is 24.2 Å². The van der Waals surface area contributed by atoms with Gasteiger partial charge in [-0.15, -0.1) is 0 Å². The number of allylic oxidation sites excluding steroid dienone is 7. The fraction of sp³-hybridized carbons (Fsp3) is 0.847. The summed E-state index contributed by atoms with van der Waals surface area (Å²) in [6.07, 6.45) is 72.2. The highest BCUT2D eigenvalue weighted by Crippen LogP contribution is 2.17. The van der Waals surface area contributed by atoms with Crippen molar-refractivity contribution < 1.29 is 20.1 Å². The molecule has 64 heavy (non-hydrogen) atoms. The zero-order chi connectivity index (χ0) is 46.5. The van der Waals surface area contributed by atoms with Crippen LogP contribution in [0.15, 0.2) is 48.6 Å². The second-order valence-electron chi connectivity index (χ2n) is 19.5. The van der Waals surface area contributed by atoms with Crippen LogP contribution in [0.25, 0.3) is 0 Å². The Hall–Kier alpha value is -1.69. The molecule has 0 rings (SSSR count). The van der Waals surface area contributed by atoms with Gasteiger partial charge in [-0.1, -0.05) is 281 Å². The minimum Gasteiger partial charge on any atom is -0.394 e. The van der Waals surface area contributed by atoms with Crippen LogP contribution in [-0.2, 0) is 4.79 Å².